The standard InChI is InChI=1S/C14H17N3O2/c1-10(2)19-13-5-3-4-11(8-13)14(18)15-9-12-6-7-16-17-12/h3-8,10H,9H2,1-2H3,(H,15,18)(H,16,17). The van der Waals surface area contributed by atoms with Crippen LogP contribution in [0.5, 0.6) is 5.75 Å². The van der Waals surface area contributed by atoms with Crippen LogP contribution >= 0.6 is 0 Å². The number of H-pyrrole nitrogens is 1. The molecule has 0 saturated heterocycles. The van der Waals surface area contributed by atoms with Crippen LogP contribution in [0, 0.1) is 0 Å². The number of amides is 1. The second-order valence-corrected chi connectivity index (χ2v) is 4.46. The summed E-state index contributed by atoms with van der Waals surface area (Å²) >= 11 is 0. The Hall–Kier alpha value is -2.30. The molecule has 5 nitrogen and oxygen atoms in total. The highest BCUT2D eigenvalue weighted by molar-refractivity contribution is 5.94. The summed E-state index contributed by atoms with van der Waals surface area (Å²) < 4.78 is 5.56. The number of aromatic amines is 1. The summed E-state index contributed by atoms with van der Waals surface area (Å²) in [6.07, 6.45) is 1.74. The number of carbonyl (C=O) groups is 1. The Kier molecular flexibility index (Phi) is 4.18. The third-order valence-electron chi connectivity index (χ3n) is 2.47. The van der Waals surface area contributed by atoms with Gasteiger partial charge in [0, 0.05) is 11.8 Å². The number of benzene rings is 1. The normalized spacial score (nSPS) is 10.5. The summed E-state index contributed by atoms with van der Waals surface area (Å²) in [4.78, 5) is 12.0. The molecule has 0 saturated carbocycles. The molecule has 0 spiro atoms. The summed E-state index contributed by atoms with van der Waals surface area (Å²) in [6, 6.07) is 8.96. The van der Waals surface area contributed by atoms with Crippen LogP contribution in [0.15, 0.2) is 36.5 Å². The Labute approximate surface area is 112 Å². The number of nitrogens with zero attached hydrogens (tertiary/aromatic N) is 1. The Balaban J connectivity index is 1.98. The minimum absolute atomic E-state index is 0.0864. The molecule has 0 atom stereocenters. The molecule has 2 aromatic rings. The summed E-state index contributed by atoms with van der Waals surface area (Å²) in [7, 11) is 0. The van der Waals surface area contributed by atoms with Crippen LogP contribution in [-0.2, 0) is 6.54 Å². The fourth-order valence-electron chi connectivity index (χ4n) is 1.64. The molecule has 0 aliphatic rings. The van der Waals surface area contributed by atoms with Crippen LogP contribution in [0.1, 0.15) is 29.9 Å². The van der Waals surface area contributed by atoms with Crippen molar-refractivity contribution >= 4 is 5.91 Å². The zero-order chi connectivity index (χ0) is 13.7. The summed E-state index contributed by atoms with van der Waals surface area (Å²) in [5, 5.41) is 9.43. The van der Waals surface area contributed by atoms with E-state index in [0.717, 1.165) is 5.69 Å². The predicted molar refractivity (Wildman–Crippen MR) is 72.0 cm³/mol. The molecule has 1 amide bonds. The molecular formula is C14H17N3O2. The van der Waals surface area contributed by atoms with Gasteiger partial charge in [0.05, 0.1) is 18.3 Å². The summed E-state index contributed by atoms with van der Waals surface area (Å²) in [6.45, 7) is 4.32. The van der Waals surface area contributed by atoms with Gasteiger partial charge in [-0.25, -0.2) is 0 Å². The van der Waals surface area contributed by atoms with Crippen LogP contribution in [0.3, 0.4) is 0 Å². The first-order valence-electron chi connectivity index (χ1n) is 6.18. The lowest BCUT2D eigenvalue weighted by Gasteiger charge is -2.10. The fraction of sp³-hybridized carbons (Fsp3) is 0.286. The fourth-order valence-corrected chi connectivity index (χ4v) is 1.64. The van der Waals surface area contributed by atoms with Crippen LogP contribution in [0.4, 0.5) is 0 Å². The molecule has 0 unspecified atom stereocenters. The number of aromatic nitrogens is 2. The highest BCUT2D eigenvalue weighted by Gasteiger charge is 2.07. The second kappa shape index (κ2) is 6.04. The number of nitrogens with one attached hydrogen (secondary N) is 2. The van der Waals surface area contributed by atoms with E-state index in [1.807, 2.05) is 32.0 Å². The number of hydrogen-bond donors (Lipinski definition) is 2. The molecule has 0 aliphatic carbocycles. The van der Waals surface area contributed by atoms with Gasteiger partial charge >= 0.3 is 0 Å². The molecule has 0 radical (unpaired) electrons. The number of carbonyl (C=O) groups excluding carboxylic acids is 1. The number of rotatable bonds is 5. The first-order valence-corrected chi connectivity index (χ1v) is 6.18. The quantitative estimate of drug-likeness (QED) is 0.864. The lowest BCUT2D eigenvalue weighted by molar-refractivity contribution is 0.0949. The second-order valence-electron chi connectivity index (χ2n) is 4.46. The maximum atomic E-state index is 12.0. The van der Waals surface area contributed by atoms with Crippen molar-refractivity contribution < 1.29 is 9.53 Å². The molecule has 100 valence electrons. The van der Waals surface area contributed by atoms with Gasteiger partial charge in [-0.05, 0) is 38.1 Å². The topological polar surface area (TPSA) is 67.0 Å². The van der Waals surface area contributed by atoms with Gasteiger partial charge < -0.3 is 10.1 Å². The SMILES string of the molecule is CC(C)Oc1cccc(C(=O)NCc2ccn[nH]2)c1. The lowest BCUT2D eigenvalue weighted by atomic mass is 10.2. The molecule has 2 N–H and O–H groups in total. The average molecular weight is 259 g/mol. The molecule has 1 aromatic heterocycles. The molecule has 2 rings (SSSR count). The number of ether oxygens (including phenoxy) is 1. The highest BCUT2D eigenvalue weighted by atomic mass is 16.5. The van der Waals surface area contributed by atoms with E-state index in [9.17, 15) is 4.79 Å². The Morgan fingerprint density at radius 3 is 2.95 bits per heavy atom. The maximum absolute atomic E-state index is 12.0. The van der Waals surface area contributed by atoms with E-state index < -0.39 is 0 Å². The van der Waals surface area contributed by atoms with Gasteiger partial charge in [0.15, 0.2) is 0 Å². The minimum atomic E-state index is -0.135. The van der Waals surface area contributed by atoms with E-state index >= 15 is 0 Å². The first-order chi connectivity index (χ1) is 9.15. The Morgan fingerprint density at radius 2 is 2.26 bits per heavy atom. The molecule has 0 aliphatic heterocycles. The van der Waals surface area contributed by atoms with Gasteiger partial charge in [-0.15, -0.1) is 0 Å². The van der Waals surface area contributed by atoms with Gasteiger partial charge in [-0.2, -0.15) is 5.10 Å². The zero-order valence-electron chi connectivity index (χ0n) is 11.0. The van der Waals surface area contributed by atoms with Gasteiger partial charge in [0.25, 0.3) is 5.91 Å². The van der Waals surface area contributed by atoms with E-state index in [0.29, 0.717) is 17.9 Å². The largest absolute Gasteiger partial charge is 0.491 e. The van der Waals surface area contributed by atoms with Crippen molar-refractivity contribution in [2.45, 2.75) is 26.5 Å². The maximum Gasteiger partial charge on any atom is 0.251 e. The summed E-state index contributed by atoms with van der Waals surface area (Å²) in [5.41, 5.74) is 1.45. The highest BCUT2D eigenvalue weighted by Crippen LogP contribution is 2.14. The van der Waals surface area contributed by atoms with E-state index in [1.165, 1.54) is 0 Å². The van der Waals surface area contributed by atoms with Crippen LogP contribution in [-0.4, -0.2) is 22.2 Å². The van der Waals surface area contributed by atoms with Crippen molar-refractivity contribution in [2.24, 2.45) is 0 Å². The Morgan fingerprint density at radius 1 is 1.42 bits per heavy atom. The predicted octanol–water partition coefficient (Wildman–Crippen LogP) is 2.13. The molecular weight excluding hydrogens is 242 g/mol. The van der Waals surface area contributed by atoms with Crippen LogP contribution < -0.4 is 10.1 Å². The van der Waals surface area contributed by atoms with Crippen LogP contribution in [0.2, 0.25) is 0 Å². The van der Waals surface area contributed by atoms with Gasteiger partial charge in [0.2, 0.25) is 0 Å². The van der Waals surface area contributed by atoms with Crippen molar-refractivity contribution in [1.29, 1.82) is 0 Å². The molecule has 0 bridgehead atoms. The van der Waals surface area contributed by atoms with Crippen molar-refractivity contribution in [2.75, 3.05) is 0 Å². The van der Waals surface area contributed by atoms with E-state index in [-0.39, 0.29) is 12.0 Å². The lowest BCUT2D eigenvalue weighted by Crippen LogP contribution is -2.23. The molecule has 5 heteroatoms. The van der Waals surface area contributed by atoms with Crippen molar-refractivity contribution in [3.05, 3.63) is 47.8 Å². The molecule has 1 heterocycles. The van der Waals surface area contributed by atoms with Gasteiger partial charge in [0.1, 0.15) is 5.75 Å². The van der Waals surface area contributed by atoms with Gasteiger partial charge in [-0.1, -0.05) is 6.07 Å². The van der Waals surface area contributed by atoms with Crippen molar-refractivity contribution in [1.82, 2.24) is 15.5 Å². The monoisotopic (exact) mass is 259 g/mol. The summed E-state index contributed by atoms with van der Waals surface area (Å²) in [5.74, 6) is 0.563. The van der Waals surface area contributed by atoms with E-state index in [4.69, 9.17) is 4.74 Å². The zero-order valence-corrected chi connectivity index (χ0v) is 11.0. The van der Waals surface area contributed by atoms with Crippen molar-refractivity contribution in [3.8, 4) is 5.75 Å². The molecule has 19 heavy (non-hydrogen) atoms. The smallest absolute Gasteiger partial charge is 0.251 e. The molecule has 1 aromatic carbocycles. The van der Waals surface area contributed by atoms with Gasteiger partial charge in [-0.3, -0.25) is 9.89 Å². The molecule has 0 fully saturated rings. The van der Waals surface area contributed by atoms with Crippen molar-refractivity contribution in [3.63, 3.8) is 0 Å². The average Bonchev–Trinajstić information content (AvgIpc) is 2.88. The minimum Gasteiger partial charge on any atom is -0.491 e. The third-order valence-corrected chi connectivity index (χ3v) is 2.47. The van der Waals surface area contributed by atoms with E-state index in [1.54, 1.807) is 18.3 Å². The third kappa shape index (κ3) is 3.84. The first kappa shape index (κ1) is 13.1. The number of hydrogen-bond acceptors (Lipinski definition) is 3. The van der Waals surface area contributed by atoms with E-state index in [2.05, 4.69) is 15.5 Å². The van der Waals surface area contributed by atoms with Crippen LogP contribution in [0.25, 0.3) is 0 Å². The Bertz CT molecular complexity index is 535.